The molecule has 1 rings (SSSR count). The summed E-state index contributed by atoms with van der Waals surface area (Å²) in [6.07, 6.45) is -0.415. The zero-order chi connectivity index (χ0) is 14.5. The van der Waals surface area contributed by atoms with E-state index in [2.05, 4.69) is 5.32 Å². The number of ether oxygens (including phenoxy) is 1. The molecule has 0 saturated heterocycles. The standard InChI is InChI=1S/C15H21FN2O/c1-11(10-17)19-8-7-18-12-5-6-13(14(16)9-12)15(2,3)4/h5-6,9,11,18H,7-8H2,1-4H3. The zero-order valence-electron chi connectivity index (χ0n) is 12.0. The summed E-state index contributed by atoms with van der Waals surface area (Å²) >= 11 is 0. The molecule has 1 N–H and O–H groups in total. The minimum absolute atomic E-state index is 0.200. The Morgan fingerprint density at radius 3 is 2.63 bits per heavy atom. The molecule has 0 aliphatic rings. The van der Waals surface area contributed by atoms with Crippen molar-refractivity contribution in [1.82, 2.24) is 0 Å². The molecule has 0 bridgehead atoms. The van der Waals surface area contributed by atoms with Gasteiger partial charge < -0.3 is 10.1 Å². The van der Waals surface area contributed by atoms with E-state index in [1.54, 1.807) is 13.0 Å². The number of halogens is 1. The molecule has 0 radical (unpaired) electrons. The van der Waals surface area contributed by atoms with E-state index in [1.165, 1.54) is 6.07 Å². The van der Waals surface area contributed by atoms with E-state index in [4.69, 9.17) is 10.00 Å². The normalized spacial score (nSPS) is 12.8. The van der Waals surface area contributed by atoms with E-state index in [1.807, 2.05) is 32.9 Å². The Morgan fingerprint density at radius 1 is 1.42 bits per heavy atom. The van der Waals surface area contributed by atoms with Crippen molar-refractivity contribution in [1.29, 1.82) is 5.26 Å². The highest BCUT2D eigenvalue weighted by atomic mass is 19.1. The molecular formula is C15H21FN2O. The summed E-state index contributed by atoms with van der Waals surface area (Å²) in [6.45, 7) is 8.59. The van der Waals surface area contributed by atoms with Crippen molar-refractivity contribution < 1.29 is 9.13 Å². The first-order valence-electron chi connectivity index (χ1n) is 6.39. The minimum Gasteiger partial charge on any atom is -0.383 e. The second-order valence-corrected chi connectivity index (χ2v) is 5.51. The molecule has 104 valence electrons. The zero-order valence-corrected chi connectivity index (χ0v) is 12.0. The predicted octanol–water partition coefficient (Wildman–Crippen LogP) is 3.46. The molecule has 0 heterocycles. The predicted molar refractivity (Wildman–Crippen MR) is 74.6 cm³/mol. The van der Waals surface area contributed by atoms with Crippen LogP contribution in [0, 0.1) is 17.1 Å². The van der Waals surface area contributed by atoms with Gasteiger partial charge in [-0.25, -0.2) is 4.39 Å². The Morgan fingerprint density at radius 2 is 2.11 bits per heavy atom. The summed E-state index contributed by atoms with van der Waals surface area (Å²) in [5, 5.41) is 11.6. The van der Waals surface area contributed by atoms with Gasteiger partial charge in [0.2, 0.25) is 0 Å². The summed E-state index contributed by atoms with van der Waals surface area (Å²) in [5.74, 6) is -0.205. The number of nitrogens with zero attached hydrogens (tertiary/aromatic N) is 1. The largest absolute Gasteiger partial charge is 0.383 e. The van der Waals surface area contributed by atoms with Gasteiger partial charge in [0.05, 0.1) is 12.7 Å². The van der Waals surface area contributed by atoms with E-state index in [0.717, 1.165) is 5.69 Å². The fourth-order valence-electron chi connectivity index (χ4n) is 1.70. The molecule has 1 aromatic rings. The lowest BCUT2D eigenvalue weighted by Gasteiger charge is -2.20. The molecule has 1 atom stereocenters. The van der Waals surface area contributed by atoms with Crippen LogP contribution < -0.4 is 5.32 Å². The molecule has 1 unspecified atom stereocenters. The molecular weight excluding hydrogens is 243 g/mol. The fourth-order valence-corrected chi connectivity index (χ4v) is 1.70. The number of nitrogens with one attached hydrogen (secondary N) is 1. The summed E-state index contributed by atoms with van der Waals surface area (Å²) in [6, 6.07) is 7.14. The third-order valence-corrected chi connectivity index (χ3v) is 2.76. The number of anilines is 1. The van der Waals surface area contributed by atoms with Gasteiger partial charge in [-0.2, -0.15) is 5.26 Å². The van der Waals surface area contributed by atoms with Gasteiger partial charge in [0.15, 0.2) is 0 Å². The first-order chi connectivity index (χ1) is 8.84. The maximum atomic E-state index is 13.9. The molecule has 0 spiro atoms. The first kappa shape index (κ1) is 15.5. The average Bonchev–Trinajstić information content (AvgIpc) is 2.32. The van der Waals surface area contributed by atoms with Crippen LogP contribution in [0.3, 0.4) is 0 Å². The molecule has 0 aromatic heterocycles. The fraction of sp³-hybridized carbons (Fsp3) is 0.533. The van der Waals surface area contributed by atoms with Crippen LogP contribution in [-0.4, -0.2) is 19.3 Å². The van der Waals surface area contributed by atoms with Gasteiger partial charge in [-0.05, 0) is 30.0 Å². The summed E-state index contributed by atoms with van der Waals surface area (Å²) < 4.78 is 19.1. The Hall–Kier alpha value is -1.60. The van der Waals surface area contributed by atoms with E-state index in [9.17, 15) is 4.39 Å². The van der Waals surface area contributed by atoms with E-state index < -0.39 is 6.10 Å². The van der Waals surface area contributed by atoms with Gasteiger partial charge in [-0.3, -0.25) is 0 Å². The Kier molecular flexibility index (Phi) is 5.31. The van der Waals surface area contributed by atoms with E-state index >= 15 is 0 Å². The Balaban J connectivity index is 2.53. The van der Waals surface area contributed by atoms with Crippen molar-refractivity contribution in [3.05, 3.63) is 29.6 Å². The molecule has 3 nitrogen and oxygen atoms in total. The Bertz CT molecular complexity index is 460. The van der Waals surface area contributed by atoms with Crippen LogP contribution in [0.1, 0.15) is 33.3 Å². The summed E-state index contributed by atoms with van der Waals surface area (Å²) in [4.78, 5) is 0. The highest BCUT2D eigenvalue weighted by Gasteiger charge is 2.18. The molecule has 19 heavy (non-hydrogen) atoms. The second-order valence-electron chi connectivity index (χ2n) is 5.51. The van der Waals surface area contributed by atoms with Crippen LogP contribution in [0.15, 0.2) is 18.2 Å². The van der Waals surface area contributed by atoms with Crippen LogP contribution >= 0.6 is 0 Å². The van der Waals surface area contributed by atoms with Crippen LogP contribution in [-0.2, 0) is 10.2 Å². The molecule has 0 amide bonds. The number of hydrogen-bond donors (Lipinski definition) is 1. The molecule has 0 aliphatic carbocycles. The first-order valence-corrected chi connectivity index (χ1v) is 6.39. The van der Waals surface area contributed by atoms with Gasteiger partial charge in [-0.1, -0.05) is 26.8 Å². The highest BCUT2D eigenvalue weighted by Crippen LogP contribution is 2.26. The van der Waals surface area contributed by atoms with Crippen molar-refractivity contribution >= 4 is 5.69 Å². The molecule has 0 fully saturated rings. The second kappa shape index (κ2) is 6.53. The van der Waals surface area contributed by atoms with E-state index in [-0.39, 0.29) is 11.2 Å². The highest BCUT2D eigenvalue weighted by molar-refractivity contribution is 5.46. The van der Waals surface area contributed by atoms with Gasteiger partial charge in [-0.15, -0.1) is 0 Å². The third-order valence-electron chi connectivity index (χ3n) is 2.76. The average molecular weight is 264 g/mol. The molecule has 0 aliphatic heterocycles. The number of benzene rings is 1. The van der Waals surface area contributed by atoms with Gasteiger partial charge in [0.1, 0.15) is 11.9 Å². The number of hydrogen-bond acceptors (Lipinski definition) is 3. The van der Waals surface area contributed by atoms with Crippen LogP contribution in [0.2, 0.25) is 0 Å². The van der Waals surface area contributed by atoms with Crippen LogP contribution in [0.25, 0.3) is 0 Å². The molecule has 0 saturated carbocycles. The number of rotatable bonds is 5. The smallest absolute Gasteiger partial charge is 0.141 e. The quantitative estimate of drug-likeness (QED) is 0.828. The van der Waals surface area contributed by atoms with Crippen LogP contribution in [0.4, 0.5) is 10.1 Å². The van der Waals surface area contributed by atoms with Gasteiger partial charge >= 0.3 is 0 Å². The maximum absolute atomic E-state index is 13.9. The summed E-state index contributed by atoms with van der Waals surface area (Å²) in [5.41, 5.74) is 1.22. The third kappa shape index (κ3) is 4.88. The topological polar surface area (TPSA) is 45.0 Å². The lowest BCUT2D eigenvalue weighted by Crippen LogP contribution is -2.16. The van der Waals surface area contributed by atoms with Crippen molar-refractivity contribution in [2.24, 2.45) is 0 Å². The van der Waals surface area contributed by atoms with Gasteiger partial charge in [0.25, 0.3) is 0 Å². The van der Waals surface area contributed by atoms with Crippen molar-refractivity contribution in [3.63, 3.8) is 0 Å². The lowest BCUT2D eigenvalue weighted by molar-refractivity contribution is 0.111. The Labute approximate surface area is 114 Å². The maximum Gasteiger partial charge on any atom is 0.141 e. The van der Waals surface area contributed by atoms with Crippen LogP contribution in [0.5, 0.6) is 0 Å². The molecule has 1 aromatic carbocycles. The van der Waals surface area contributed by atoms with Crippen molar-refractivity contribution in [3.8, 4) is 6.07 Å². The van der Waals surface area contributed by atoms with Crippen molar-refractivity contribution in [2.75, 3.05) is 18.5 Å². The summed E-state index contributed by atoms with van der Waals surface area (Å²) in [7, 11) is 0. The monoisotopic (exact) mass is 264 g/mol. The molecule has 4 heteroatoms. The lowest BCUT2D eigenvalue weighted by atomic mass is 9.86. The minimum atomic E-state index is -0.415. The SMILES string of the molecule is CC(C#N)OCCNc1ccc(C(C)(C)C)c(F)c1. The van der Waals surface area contributed by atoms with Crippen molar-refractivity contribution in [2.45, 2.75) is 39.2 Å². The number of nitriles is 1. The van der Waals surface area contributed by atoms with E-state index in [0.29, 0.717) is 18.7 Å². The van der Waals surface area contributed by atoms with Gasteiger partial charge in [0, 0.05) is 12.2 Å².